The lowest BCUT2D eigenvalue weighted by molar-refractivity contribution is -0.299. The number of carboxylic acid groups (broad SMARTS) is 1. The van der Waals surface area contributed by atoms with Crippen LogP contribution in [0.3, 0.4) is 0 Å². The number of carbonyl (C=O) groups is 1. The first kappa shape index (κ1) is 12.2. The van der Waals surface area contributed by atoms with Gasteiger partial charge >= 0.3 is 0 Å². The molecule has 1 rings (SSSR count). The summed E-state index contributed by atoms with van der Waals surface area (Å²) in [5.74, 6) is -1.19. The SMILES string of the molecule is C=C(C)C(=O)[O-].C=Cc1ccccc1. The first-order valence-electron chi connectivity index (χ1n) is 4.12. The number of rotatable bonds is 2. The van der Waals surface area contributed by atoms with Gasteiger partial charge in [0.15, 0.2) is 0 Å². The molecule has 2 nitrogen and oxygen atoms in total. The van der Waals surface area contributed by atoms with Gasteiger partial charge in [0.05, 0.1) is 5.97 Å². The Labute approximate surface area is 84.2 Å². The molecule has 0 saturated heterocycles. The van der Waals surface area contributed by atoms with Crippen molar-refractivity contribution in [1.82, 2.24) is 0 Å². The highest BCUT2D eigenvalue weighted by molar-refractivity contribution is 5.82. The minimum absolute atomic E-state index is 0.0648. The van der Waals surface area contributed by atoms with Gasteiger partial charge in [-0.15, -0.1) is 0 Å². The summed E-state index contributed by atoms with van der Waals surface area (Å²) in [5, 5.41) is 9.49. The molecule has 2 heteroatoms. The van der Waals surface area contributed by atoms with Crippen molar-refractivity contribution in [2.75, 3.05) is 0 Å². The number of carboxylic acids is 1. The van der Waals surface area contributed by atoms with Gasteiger partial charge in [-0.2, -0.15) is 0 Å². The zero-order chi connectivity index (χ0) is 11.0. The Balaban J connectivity index is 0.000000255. The van der Waals surface area contributed by atoms with Gasteiger partial charge in [-0.05, 0) is 18.1 Å². The first-order chi connectivity index (χ1) is 6.57. The van der Waals surface area contributed by atoms with Crippen LogP contribution in [0.25, 0.3) is 6.08 Å². The van der Waals surface area contributed by atoms with E-state index in [1.807, 2.05) is 36.4 Å². The molecule has 0 amide bonds. The van der Waals surface area contributed by atoms with E-state index >= 15 is 0 Å². The second-order valence-corrected chi connectivity index (χ2v) is 2.68. The van der Waals surface area contributed by atoms with Crippen LogP contribution in [0.15, 0.2) is 49.1 Å². The van der Waals surface area contributed by atoms with Crippen LogP contribution in [-0.4, -0.2) is 5.97 Å². The standard InChI is InChI=1S/C8H8.C4H6O2/c1-2-8-6-4-3-5-7-8;1-3(2)4(5)6/h2-7H,1H2;1H2,2H3,(H,5,6)/p-1. The van der Waals surface area contributed by atoms with Crippen LogP contribution in [-0.2, 0) is 4.79 Å². The fourth-order valence-electron chi connectivity index (χ4n) is 0.589. The fraction of sp³-hybridized carbons (Fsp3) is 0.0833. The van der Waals surface area contributed by atoms with Gasteiger partial charge in [0.2, 0.25) is 0 Å². The molecule has 0 spiro atoms. The van der Waals surface area contributed by atoms with E-state index < -0.39 is 5.97 Å². The molecule has 0 aromatic heterocycles. The molecular formula is C12H13O2-. The Morgan fingerprint density at radius 1 is 1.36 bits per heavy atom. The van der Waals surface area contributed by atoms with Crippen molar-refractivity contribution < 1.29 is 9.90 Å². The van der Waals surface area contributed by atoms with Gasteiger partial charge in [0.25, 0.3) is 0 Å². The van der Waals surface area contributed by atoms with Gasteiger partial charge < -0.3 is 9.90 Å². The van der Waals surface area contributed by atoms with E-state index in [1.165, 1.54) is 12.5 Å². The average molecular weight is 189 g/mol. The predicted molar refractivity (Wildman–Crippen MR) is 56.4 cm³/mol. The van der Waals surface area contributed by atoms with Crippen LogP contribution in [0, 0.1) is 0 Å². The van der Waals surface area contributed by atoms with Crippen molar-refractivity contribution in [1.29, 1.82) is 0 Å². The first-order valence-corrected chi connectivity index (χ1v) is 4.12. The van der Waals surface area contributed by atoms with E-state index in [0.29, 0.717) is 0 Å². The predicted octanol–water partition coefficient (Wildman–Crippen LogP) is 1.64. The second-order valence-electron chi connectivity index (χ2n) is 2.68. The Hall–Kier alpha value is -1.83. The molecule has 0 N–H and O–H groups in total. The van der Waals surface area contributed by atoms with E-state index in [2.05, 4.69) is 13.2 Å². The largest absolute Gasteiger partial charge is 0.545 e. The molecule has 0 saturated carbocycles. The highest BCUT2D eigenvalue weighted by atomic mass is 16.4. The quantitative estimate of drug-likeness (QED) is 0.663. The van der Waals surface area contributed by atoms with Gasteiger partial charge in [0, 0.05) is 0 Å². The summed E-state index contributed by atoms with van der Waals surface area (Å²) in [6, 6.07) is 10.0. The van der Waals surface area contributed by atoms with Crippen LogP contribution < -0.4 is 5.11 Å². The molecule has 0 atom stereocenters. The lowest BCUT2D eigenvalue weighted by Gasteiger charge is -1.93. The molecule has 0 unspecified atom stereocenters. The van der Waals surface area contributed by atoms with Crippen molar-refractivity contribution >= 4 is 12.0 Å². The van der Waals surface area contributed by atoms with Gasteiger partial charge in [0.1, 0.15) is 0 Å². The third-order valence-electron chi connectivity index (χ3n) is 1.38. The Kier molecular flexibility index (Phi) is 5.79. The zero-order valence-corrected chi connectivity index (χ0v) is 8.19. The summed E-state index contributed by atoms with van der Waals surface area (Å²) >= 11 is 0. The summed E-state index contributed by atoms with van der Waals surface area (Å²) in [7, 11) is 0. The Morgan fingerprint density at radius 3 is 2.00 bits per heavy atom. The molecule has 0 radical (unpaired) electrons. The average Bonchev–Trinajstić information content (AvgIpc) is 2.20. The molecule has 74 valence electrons. The topological polar surface area (TPSA) is 40.1 Å². The van der Waals surface area contributed by atoms with Crippen LogP contribution in [0.1, 0.15) is 12.5 Å². The number of aliphatic carboxylic acids is 1. The van der Waals surface area contributed by atoms with Crippen LogP contribution in [0.2, 0.25) is 0 Å². The van der Waals surface area contributed by atoms with E-state index in [-0.39, 0.29) is 5.57 Å². The van der Waals surface area contributed by atoms with Crippen molar-refractivity contribution in [3.05, 3.63) is 54.6 Å². The van der Waals surface area contributed by atoms with Gasteiger partial charge in [-0.3, -0.25) is 0 Å². The molecule has 0 aliphatic heterocycles. The highest BCUT2D eigenvalue weighted by Gasteiger charge is 1.76. The zero-order valence-electron chi connectivity index (χ0n) is 8.19. The molecule has 0 aliphatic rings. The molecule has 1 aromatic rings. The lowest BCUT2D eigenvalue weighted by Crippen LogP contribution is -2.22. The lowest BCUT2D eigenvalue weighted by atomic mass is 10.2. The molecule has 0 fully saturated rings. The van der Waals surface area contributed by atoms with Crippen molar-refractivity contribution in [3.63, 3.8) is 0 Å². The van der Waals surface area contributed by atoms with Crippen LogP contribution in [0.5, 0.6) is 0 Å². The fourth-order valence-corrected chi connectivity index (χ4v) is 0.589. The van der Waals surface area contributed by atoms with E-state index in [0.717, 1.165) is 0 Å². The molecule has 14 heavy (non-hydrogen) atoms. The van der Waals surface area contributed by atoms with E-state index in [4.69, 9.17) is 0 Å². The highest BCUT2D eigenvalue weighted by Crippen LogP contribution is 1.97. The summed E-state index contributed by atoms with van der Waals surface area (Å²) < 4.78 is 0. The summed E-state index contributed by atoms with van der Waals surface area (Å²) in [6.07, 6.45) is 1.83. The molecule has 0 bridgehead atoms. The maximum atomic E-state index is 9.49. The molecule has 0 heterocycles. The summed E-state index contributed by atoms with van der Waals surface area (Å²) in [6.45, 7) is 8.11. The molecular weight excluding hydrogens is 176 g/mol. The van der Waals surface area contributed by atoms with Crippen molar-refractivity contribution in [3.8, 4) is 0 Å². The third kappa shape index (κ3) is 5.77. The summed E-state index contributed by atoms with van der Waals surface area (Å²) in [4.78, 5) is 9.49. The smallest absolute Gasteiger partial charge is 0.0666 e. The number of hydrogen-bond donors (Lipinski definition) is 0. The second kappa shape index (κ2) is 6.66. The molecule has 1 aromatic carbocycles. The number of carbonyl (C=O) groups excluding carboxylic acids is 1. The minimum atomic E-state index is -1.19. The Bertz CT molecular complexity index is 300. The van der Waals surface area contributed by atoms with Crippen LogP contribution >= 0.6 is 0 Å². The maximum Gasteiger partial charge on any atom is 0.0666 e. The van der Waals surface area contributed by atoms with Gasteiger partial charge in [-0.25, -0.2) is 0 Å². The van der Waals surface area contributed by atoms with Crippen LogP contribution in [0.4, 0.5) is 0 Å². The van der Waals surface area contributed by atoms with Gasteiger partial charge in [-0.1, -0.05) is 49.6 Å². The minimum Gasteiger partial charge on any atom is -0.545 e. The maximum absolute atomic E-state index is 9.49. The Morgan fingerprint density at radius 2 is 1.79 bits per heavy atom. The monoisotopic (exact) mass is 189 g/mol. The van der Waals surface area contributed by atoms with E-state index in [1.54, 1.807) is 0 Å². The van der Waals surface area contributed by atoms with Crippen molar-refractivity contribution in [2.24, 2.45) is 0 Å². The van der Waals surface area contributed by atoms with E-state index in [9.17, 15) is 9.90 Å². The normalized spacial score (nSPS) is 8.07. The van der Waals surface area contributed by atoms with Crippen molar-refractivity contribution in [2.45, 2.75) is 6.92 Å². The molecule has 0 aliphatic carbocycles. The number of benzene rings is 1. The third-order valence-corrected chi connectivity index (χ3v) is 1.38. The summed E-state index contributed by atoms with van der Waals surface area (Å²) in [5.41, 5.74) is 1.24. The number of hydrogen-bond acceptors (Lipinski definition) is 2.